The van der Waals surface area contributed by atoms with Crippen LogP contribution in [0.2, 0.25) is 0 Å². The number of halogens is 1. The molecule has 96 valence electrons. The fraction of sp³-hybridized carbons (Fsp3) is 0.692. The van der Waals surface area contributed by atoms with Crippen molar-refractivity contribution >= 4 is 27.3 Å². The topological polar surface area (TPSA) is 35.2 Å². The summed E-state index contributed by atoms with van der Waals surface area (Å²) in [5.41, 5.74) is 6.32. The average molecular weight is 318 g/mol. The van der Waals surface area contributed by atoms with Crippen LogP contribution in [0.5, 0.6) is 0 Å². The highest BCUT2D eigenvalue weighted by molar-refractivity contribution is 9.11. The molecule has 0 spiro atoms. The first kappa shape index (κ1) is 13.5. The van der Waals surface area contributed by atoms with Gasteiger partial charge in [0, 0.05) is 10.4 Å². The molecule has 0 aromatic carbocycles. The molecule has 1 saturated carbocycles. The van der Waals surface area contributed by atoms with Gasteiger partial charge in [-0.3, -0.25) is 0 Å². The molecular weight excluding hydrogens is 298 g/mol. The molecule has 1 heterocycles. The molecule has 2 nitrogen and oxygen atoms in total. The molecule has 0 bridgehead atoms. The van der Waals surface area contributed by atoms with Crippen LogP contribution in [0.4, 0.5) is 0 Å². The summed E-state index contributed by atoms with van der Waals surface area (Å²) in [7, 11) is 0. The maximum atomic E-state index is 6.40. The Hall–Kier alpha value is 0.1000. The van der Waals surface area contributed by atoms with E-state index in [0.717, 1.165) is 16.6 Å². The minimum atomic E-state index is -0.0784. The van der Waals surface area contributed by atoms with Crippen LogP contribution >= 0.6 is 27.3 Å². The quantitative estimate of drug-likeness (QED) is 0.849. The van der Waals surface area contributed by atoms with E-state index in [4.69, 9.17) is 10.5 Å². The Labute approximate surface area is 116 Å². The van der Waals surface area contributed by atoms with Crippen molar-refractivity contribution in [3.63, 3.8) is 0 Å². The zero-order valence-corrected chi connectivity index (χ0v) is 12.5. The van der Waals surface area contributed by atoms with Crippen LogP contribution in [0.1, 0.15) is 43.4 Å². The summed E-state index contributed by atoms with van der Waals surface area (Å²) >= 11 is 5.19. The molecule has 17 heavy (non-hydrogen) atoms. The summed E-state index contributed by atoms with van der Waals surface area (Å²) < 4.78 is 6.96. The van der Waals surface area contributed by atoms with Crippen LogP contribution in [-0.4, -0.2) is 12.1 Å². The molecule has 1 aliphatic carbocycles. The highest BCUT2D eigenvalue weighted by Gasteiger charge is 2.26. The molecule has 0 aliphatic heterocycles. The Kier molecular flexibility index (Phi) is 5.03. The Morgan fingerprint density at radius 1 is 1.24 bits per heavy atom. The molecule has 0 amide bonds. The molecule has 0 saturated heterocycles. The van der Waals surface area contributed by atoms with Gasteiger partial charge in [0.1, 0.15) is 0 Å². The fourth-order valence-corrected chi connectivity index (χ4v) is 3.78. The van der Waals surface area contributed by atoms with Crippen molar-refractivity contribution < 1.29 is 4.74 Å². The van der Waals surface area contributed by atoms with Gasteiger partial charge in [-0.1, -0.05) is 25.7 Å². The van der Waals surface area contributed by atoms with Crippen molar-refractivity contribution in [2.24, 2.45) is 5.73 Å². The third-order valence-electron chi connectivity index (χ3n) is 3.36. The summed E-state index contributed by atoms with van der Waals surface area (Å²) in [5.74, 6) is 0. The largest absolute Gasteiger partial charge is 0.374 e. The van der Waals surface area contributed by atoms with Gasteiger partial charge in [-0.25, -0.2) is 0 Å². The van der Waals surface area contributed by atoms with E-state index in [0.29, 0.717) is 13.2 Å². The molecule has 1 aromatic heterocycles. The minimum Gasteiger partial charge on any atom is -0.374 e. The maximum Gasteiger partial charge on any atom is 0.0810 e. The molecule has 0 radical (unpaired) electrons. The first-order chi connectivity index (χ1) is 8.18. The number of ether oxygens (including phenoxy) is 1. The molecule has 0 atom stereocenters. The lowest BCUT2D eigenvalue weighted by atomic mass is 9.93. The van der Waals surface area contributed by atoms with E-state index in [9.17, 15) is 0 Å². The highest BCUT2D eigenvalue weighted by Crippen LogP contribution is 2.26. The van der Waals surface area contributed by atoms with Crippen LogP contribution in [0.3, 0.4) is 0 Å². The summed E-state index contributed by atoms with van der Waals surface area (Å²) in [6.45, 7) is 1.39. The Morgan fingerprint density at radius 2 is 1.94 bits per heavy atom. The lowest BCUT2D eigenvalue weighted by Gasteiger charge is -2.27. The predicted octanol–water partition coefficient (Wildman–Crippen LogP) is 4.08. The molecule has 2 rings (SSSR count). The van der Waals surface area contributed by atoms with Crippen LogP contribution in [0.15, 0.2) is 15.9 Å². The second-order valence-corrected chi connectivity index (χ2v) is 7.52. The molecule has 2 N–H and O–H groups in total. The van der Waals surface area contributed by atoms with Gasteiger partial charge in [-0.05, 0) is 40.9 Å². The van der Waals surface area contributed by atoms with E-state index in [-0.39, 0.29) is 5.54 Å². The molecular formula is C13H20BrNOS. The van der Waals surface area contributed by atoms with Crippen LogP contribution < -0.4 is 5.73 Å². The van der Waals surface area contributed by atoms with Crippen molar-refractivity contribution in [3.8, 4) is 0 Å². The van der Waals surface area contributed by atoms with Gasteiger partial charge >= 0.3 is 0 Å². The number of hydrogen-bond donors (Lipinski definition) is 1. The Balaban J connectivity index is 1.76. The predicted molar refractivity (Wildman–Crippen MR) is 76.3 cm³/mol. The van der Waals surface area contributed by atoms with Crippen LogP contribution in [0.25, 0.3) is 0 Å². The minimum absolute atomic E-state index is 0.0784. The zero-order valence-electron chi connectivity index (χ0n) is 10.1. The van der Waals surface area contributed by atoms with Crippen molar-refractivity contribution in [2.75, 3.05) is 6.61 Å². The van der Waals surface area contributed by atoms with E-state index in [1.165, 1.54) is 30.6 Å². The smallest absolute Gasteiger partial charge is 0.0810 e. The standard InChI is InChI=1S/C13H20BrNOS/c14-12-6-5-11(17-12)9-16-10-13(15)7-3-1-2-4-8-13/h5-6H,1-4,7-10,15H2. The van der Waals surface area contributed by atoms with Gasteiger partial charge < -0.3 is 10.5 Å². The lowest BCUT2D eigenvalue weighted by molar-refractivity contribution is 0.0682. The van der Waals surface area contributed by atoms with Crippen molar-refractivity contribution in [2.45, 2.75) is 50.7 Å². The lowest BCUT2D eigenvalue weighted by Crippen LogP contribution is -2.43. The highest BCUT2D eigenvalue weighted by atomic mass is 79.9. The first-order valence-corrected chi connectivity index (χ1v) is 7.90. The van der Waals surface area contributed by atoms with E-state index in [1.807, 2.05) is 0 Å². The van der Waals surface area contributed by atoms with Gasteiger partial charge in [0.25, 0.3) is 0 Å². The zero-order chi connectivity index (χ0) is 12.1. The number of thiophene rings is 1. The molecule has 1 aliphatic rings. The SMILES string of the molecule is NC1(COCc2ccc(Br)s2)CCCCCC1. The third kappa shape index (κ3) is 4.36. The summed E-state index contributed by atoms with van der Waals surface area (Å²) in [6, 6.07) is 4.16. The van der Waals surface area contributed by atoms with E-state index < -0.39 is 0 Å². The molecule has 1 fully saturated rings. The van der Waals surface area contributed by atoms with Gasteiger partial charge in [-0.2, -0.15) is 0 Å². The Morgan fingerprint density at radius 3 is 2.53 bits per heavy atom. The van der Waals surface area contributed by atoms with E-state index in [1.54, 1.807) is 11.3 Å². The van der Waals surface area contributed by atoms with E-state index >= 15 is 0 Å². The second kappa shape index (κ2) is 6.32. The molecule has 0 unspecified atom stereocenters. The monoisotopic (exact) mass is 317 g/mol. The van der Waals surface area contributed by atoms with Crippen molar-refractivity contribution in [3.05, 3.63) is 20.8 Å². The Bertz CT molecular complexity index is 345. The first-order valence-electron chi connectivity index (χ1n) is 6.29. The van der Waals surface area contributed by atoms with Gasteiger partial charge in [0.15, 0.2) is 0 Å². The molecule has 1 aromatic rings. The van der Waals surface area contributed by atoms with Crippen molar-refractivity contribution in [1.29, 1.82) is 0 Å². The average Bonchev–Trinajstić information content (AvgIpc) is 2.58. The number of hydrogen-bond acceptors (Lipinski definition) is 3. The molecule has 4 heteroatoms. The number of rotatable bonds is 4. The van der Waals surface area contributed by atoms with Crippen molar-refractivity contribution in [1.82, 2.24) is 0 Å². The normalized spacial score (nSPS) is 20.1. The summed E-state index contributed by atoms with van der Waals surface area (Å²) in [4.78, 5) is 1.26. The van der Waals surface area contributed by atoms with Crippen LogP contribution in [0, 0.1) is 0 Å². The van der Waals surface area contributed by atoms with Gasteiger partial charge in [0.05, 0.1) is 17.0 Å². The van der Waals surface area contributed by atoms with Crippen LogP contribution in [-0.2, 0) is 11.3 Å². The second-order valence-electron chi connectivity index (χ2n) is 4.98. The summed E-state index contributed by atoms with van der Waals surface area (Å²) in [6.07, 6.45) is 7.39. The number of nitrogens with two attached hydrogens (primary N) is 1. The van der Waals surface area contributed by atoms with Gasteiger partial charge in [-0.15, -0.1) is 11.3 Å². The third-order valence-corrected chi connectivity index (χ3v) is 4.96. The van der Waals surface area contributed by atoms with E-state index in [2.05, 4.69) is 28.1 Å². The maximum absolute atomic E-state index is 6.40. The van der Waals surface area contributed by atoms with Gasteiger partial charge in [0.2, 0.25) is 0 Å². The fourth-order valence-electron chi connectivity index (χ4n) is 2.36. The summed E-state index contributed by atoms with van der Waals surface area (Å²) in [5, 5.41) is 0.